The fourth-order valence-corrected chi connectivity index (χ4v) is 8.09. The Bertz CT molecular complexity index is 3160. The molecule has 0 aliphatic carbocycles. The van der Waals surface area contributed by atoms with Gasteiger partial charge in [0.25, 0.3) is 0 Å². The molecule has 7 aromatic carbocycles. The molecule has 0 amide bonds. The maximum Gasteiger partial charge on any atom is 0.164 e. The van der Waals surface area contributed by atoms with Crippen molar-refractivity contribution in [1.29, 1.82) is 0 Å². The topological polar surface area (TPSA) is 61.4 Å². The summed E-state index contributed by atoms with van der Waals surface area (Å²) < 4.78 is 4.64. The summed E-state index contributed by atoms with van der Waals surface area (Å²) >= 11 is 0. The summed E-state index contributed by atoms with van der Waals surface area (Å²) in [5.41, 5.74) is 11.7. The summed E-state index contributed by atoms with van der Waals surface area (Å²) in [7, 11) is 0. The Kier molecular flexibility index (Phi) is 7.38. The molecule has 0 N–H and O–H groups in total. The summed E-state index contributed by atoms with van der Waals surface area (Å²) in [4.78, 5) is 19.6. The first-order valence-corrected chi connectivity index (χ1v) is 18.7. The molecule has 0 radical (unpaired) electrons. The van der Waals surface area contributed by atoms with Crippen LogP contribution in [0.2, 0.25) is 0 Å². The molecular formula is C50H32N6. The van der Waals surface area contributed by atoms with Crippen LogP contribution in [0.1, 0.15) is 0 Å². The molecule has 0 aliphatic rings. The summed E-state index contributed by atoms with van der Waals surface area (Å²) in [6.07, 6.45) is 1.87. The molecule has 0 saturated heterocycles. The fourth-order valence-electron chi connectivity index (χ4n) is 8.09. The van der Waals surface area contributed by atoms with Crippen LogP contribution in [0.5, 0.6) is 0 Å². The number of benzene rings is 7. The van der Waals surface area contributed by atoms with Crippen molar-refractivity contribution in [3.05, 3.63) is 194 Å². The van der Waals surface area contributed by atoms with Gasteiger partial charge in [-0.3, -0.25) is 4.57 Å². The van der Waals surface area contributed by atoms with E-state index in [1.165, 1.54) is 21.7 Å². The quantitative estimate of drug-likeness (QED) is 0.172. The van der Waals surface area contributed by atoms with E-state index in [1.807, 2.05) is 72.9 Å². The second kappa shape index (κ2) is 13.0. The number of aromatic nitrogens is 6. The van der Waals surface area contributed by atoms with Crippen LogP contribution in [0, 0.1) is 0 Å². The first-order valence-electron chi connectivity index (χ1n) is 18.7. The standard InChI is InChI=1S/C50H32N6/c1-4-14-33(15-5-1)47-52-48(34-16-6-2-7-17-34)54-49(53-47)35-25-28-38(29-26-35)55-43-23-11-10-20-42(43)46-39(21-12-24-44(46)55)36-27-30-40-41-22-13-31-51-50(41)56(45(40)32-36)37-18-8-3-9-19-37/h1-32H. The lowest BCUT2D eigenvalue weighted by molar-refractivity contribution is 1.07. The van der Waals surface area contributed by atoms with Crippen molar-refractivity contribution in [2.75, 3.05) is 0 Å². The number of hydrogen-bond acceptors (Lipinski definition) is 4. The van der Waals surface area contributed by atoms with Crippen LogP contribution in [0.25, 0.3) is 100 Å². The van der Waals surface area contributed by atoms with E-state index in [1.54, 1.807) is 0 Å². The number of fused-ring (bicyclic) bond motifs is 6. The number of pyridine rings is 1. The van der Waals surface area contributed by atoms with Gasteiger partial charge in [0, 0.05) is 55.8 Å². The zero-order chi connectivity index (χ0) is 37.0. The monoisotopic (exact) mass is 716 g/mol. The summed E-state index contributed by atoms with van der Waals surface area (Å²) in [6, 6.07) is 65.5. The zero-order valence-electron chi connectivity index (χ0n) is 30.2. The molecule has 0 aliphatic heterocycles. The zero-order valence-corrected chi connectivity index (χ0v) is 30.2. The predicted octanol–water partition coefficient (Wildman–Crippen LogP) is 12.1. The number of rotatable bonds is 6. The van der Waals surface area contributed by atoms with Crippen molar-refractivity contribution in [1.82, 2.24) is 29.1 Å². The van der Waals surface area contributed by atoms with Crippen LogP contribution in [-0.2, 0) is 0 Å². The third-order valence-corrected chi connectivity index (χ3v) is 10.6. The minimum atomic E-state index is 0.632. The lowest BCUT2D eigenvalue weighted by Crippen LogP contribution is -2.00. The second-order valence-electron chi connectivity index (χ2n) is 13.9. The van der Waals surface area contributed by atoms with E-state index in [0.29, 0.717) is 17.5 Å². The maximum absolute atomic E-state index is 4.96. The average molecular weight is 717 g/mol. The lowest BCUT2D eigenvalue weighted by atomic mass is 9.98. The molecule has 6 heteroatoms. The normalized spacial score (nSPS) is 11.6. The van der Waals surface area contributed by atoms with Crippen LogP contribution >= 0.6 is 0 Å². The smallest absolute Gasteiger partial charge is 0.164 e. The number of para-hydroxylation sites is 2. The molecule has 0 saturated carbocycles. The summed E-state index contributed by atoms with van der Waals surface area (Å²) in [5.74, 6) is 1.92. The van der Waals surface area contributed by atoms with Gasteiger partial charge in [-0.1, -0.05) is 121 Å². The predicted molar refractivity (Wildman–Crippen MR) is 228 cm³/mol. The van der Waals surface area contributed by atoms with Gasteiger partial charge in [-0.2, -0.15) is 0 Å². The molecule has 0 bridgehead atoms. The fraction of sp³-hybridized carbons (Fsp3) is 0. The lowest BCUT2D eigenvalue weighted by Gasteiger charge is -2.11. The van der Waals surface area contributed by atoms with E-state index < -0.39 is 0 Å². The highest BCUT2D eigenvalue weighted by Gasteiger charge is 2.19. The second-order valence-corrected chi connectivity index (χ2v) is 13.9. The number of hydrogen-bond donors (Lipinski definition) is 0. The van der Waals surface area contributed by atoms with Gasteiger partial charge in [-0.05, 0) is 77.9 Å². The molecule has 0 spiro atoms. The van der Waals surface area contributed by atoms with Gasteiger partial charge < -0.3 is 4.57 Å². The van der Waals surface area contributed by atoms with Crippen LogP contribution in [0.15, 0.2) is 194 Å². The Labute approximate surface area is 322 Å². The van der Waals surface area contributed by atoms with E-state index in [-0.39, 0.29) is 0 Å². The van der Waals surface area contributed by atoms with Crippen molar-refractivity contribution in [3.63, 3.8) is 0 Å². The van der Waals surface area contributed by atoms with Crippen molar-refractivity contribution in [2.45, 2.75) is 0 Å². The molecule has 11 aromatic rings. The van der Waals surface area contributed by atoms with Crippen molar-refractivity contribution < 1.29 is 0 Å². The minimum Gasteiger partial charge on any atom is -0.309 e. The Morgan fingerprint density at radius 3 is 1.59 bits per heavy atom. The number of nitrogens with zero attached hydrogens (tertiary/aromatic N) is 6. The van der Waals surface area contributed by atoms with E-state index in [4.69, 9.17) is 19.9 Å². The van der Waals surface area contributed by atoms with Crippen LogP contribution in [-0.4, -0.2) is 29.1 Å². The van der Waals surface area contributed by atoms with Crippen LogP contribution in [0.4, 0.5) is 0 Å². The highest BCUT2D eigenvalue weighted by molar-refractivity contribution is 6.17. The Morgan fingerprint density at radius 1 is 0.339 bits per heavy atom. The van der Waals surface area contributed by atoms with E-state index >= 15 is 0 Å². The molecule has 0 fully saturated rings. The van der Waals surface area contributed by atoms with E-state index in [9.17, 15) is 0 Å². The summed E-state index contributed by atoms with van der Waals surface area (Å²) in [5, 5.41) is 4.73. The van der Waals surface area contributed by atoms with Gasteiger partial charge in [0.1, 0.15) is 5.65 Å². The Morgan fingerprint density at radius 2 is 0.893 bits per heavy atom. The molecule has 0 atom stereocenters. The largest absolute Gasteiger partial charge is 0.309 e. The first kappa shape index (κ1) is 31.8. The molecular weight excluding hydrogens is 685 g/mol. The molecule has 262 valence electrons. The maximum atomic E-state index is 4.96. The van der Waals surface area contributed by atoms with Crippen LogP contribution in [0.3, 0.4) is 0 Å². The SMILES string of the molecule is c1ccc(-c2nc(-c3ccccc3)nc(-c3ccc(-n4c5ccccc5c5c(-c6ccc7c8cccnc8n(-c8ccccc8)c7c6)cccc54)cc3)n2)cc1. The molecule has 6 nitrogen and oxygen atoms in total. The molecule has 0 unspecified atom stereocenters. The van der Waals surface area contributed by atoms with Gasteiger partial charge in [0.2, 0.25) is 0 Å². The third-order valence-electron chi connectivity index (χ3n) is 10.6. The molecule has 56 heavy (non-hydrogen) atoms. The van der Waals surface area contributed by atoms with Gasteiger partial charge in [-0.25, -0.2) is 19.9 Å². The van der Waals surface area contributed by atoms with E-state index in [2.05, 4.69) is 130 Å². The minimum absolute atomic E-state index is 0.632. The van der Waals surface area contributed by atoms with Crippen LogP contribution < -0.4 is 0 Å². The van der Waals surface area contributed by atoms with Gasteiger partial charge in [-0.15, -0.1) is 0 Å². The van der Waals surface area contributed by atoms with E-state index in [0.717, 1.165) is 61.2 Å². The Balaban J connectivity index is 1.06. The third kappa shape index (κ3) is 5.19. The summed E-state index contributed by atoms with van der Waals surface area (Å²) in [6.45, 7) is 0. The molecule has 4 aromatic heterocycles. The highest BCUT2D eigenvalue weighted by atomic mass is 15.0. The van der Waals surface area contributed by atoms with Gasteiger partial charge in [0.15, 0.2) is 17.5 Å². The highest BCUT2D eigenvalue weighted by Crippen LogP contribution is 2.41. The molecule has 11 rings (SSSR count). The van der Waals surface area contributed by atoms with Gasteiger partial charge in [0.05, 0.1) is 16.6 Å². The van der Waals surface area contributed by atoms with Crippen molar-refractivity contribution >= 4 is 43.7 Å². The van der Waals surface area contributed by atoms with Crippen molar-refractivity contribution in [2.24, 2.45) is 0 Å². The Hall–Kier alpha value is -7.70. The van der Waals surface area contributed by atoms with Gasteiger partial charge >= 0.3 is 0 Å². The first-order chi connectivity index (χ1) is 27.8. The average Bonchev–Trinajstić information content (AvgIpc) is 3.80. The van der Waals surface area contributed by atoms with Crippen molar-refractivity contribution in [3.8, 4) is 56.7 Å². The molecule has 4 heterocycles.